The minimum absolute atomic E-state index is 0.0415. The van der Waals surface area contributed by atoms with Crippen LogP contribution >= 0.6 is 0 Å². The number of hydrogen-bond donors (Lipinski definition) is 1. The first-order valence-electron chi connectivity index (χ1n) is 6.48. The molecule has 0 heterocycles. The van der Waals surface area contributed by atoms with Gasteiger partial charge in [0.1, 0.15) is 12.2 Å². The van der Waals surface area contributed by atoms with Gasteiger partial charge in [0, 0.05) is 12.0 Å². The second-order valence-electron chi connectivity index (χ2n) is 5.29. The third kappa shape index (κ3) is 10.7. The predicted molar refractivity (Wildman–Crippen MR) is 72.8 cm³/mol. The molecule has 0 saturated heterocycles. The van der Waals surface area contributed by atoms with Crippen molar-refractivity contribution in [3.63, 3.8) is 0 Å². The molecule has 0 aromatic heterocycles. The molecule has 0 bridgehead atoms. The highest BCUT2D eigenvalue weighted by atomic mass is 17.2. The van der Waals surface area contributed by atoms with Gasteiger partial charge in [-0.15, -0.1) is 0 Å². The maximum Gasteiger partial charge on any atom is 0.333 e. The van der Waals surface area contributed by atoms with Crippen LogP contribution in [0.3, 0.4) is 0 Å². The van der Waals surface area contributed by atoms with E-state index in [-0.39, 0.29) is 32.0 Å². The summed E-state index contributed by atoms with van der Waals surface area (Å²) in [7, 11) is 0. The molecule has 0 unspecified atom stereocenters. The molecule has 0 atom stereocenters. The Kier molecular flexibility index (Phi) is 8.49. The Morgan fingerprint density at radius 3 is 2.33 bits per heavy atom. The molecule has 0 amide bonds. The van der Waals surface area contributed by atoms with Crippen LogP contribution in [0.5, 0.6) is 0 Å². The van der Waals surface area contributed by atoms with Gasteiger partial charge in [0.2, 0.25) is 0 Å². The second-order valence-corrected chi connectivity index (χ2v) is 5.29. The van der Waals surface area contributed by atoms with Crippen LogP contribution in [-0.2, 0) is 24.0 Å². The summed E-state index contributed by atoms with van der Waals surface area (Å²) in [4.78, 5) is 20.8. The predicted octanol–water partition coefficient (Wildman–Crippen LogP) is 1.35. The monoisotopic (exact) mass is 303 g/mol. The summed E-state index contributed by atoms with van der Waals surface area (Å²) in [6.07, 6.45) is 0.0415. The Hall–Kier alpha value is -1.73. The standard InChI is InChI=1S/C14H24O7/c1-10(2)13(17)19-9-8-18-7-6-11(12(15)16)20-21-14(3,4)5/h15-16H,1,6-9H2,2-5H3/p-1. The van der Waals surface area contributed by atoms with E-state index in [1.807, 2.05) is 0 Å². The summed E-state index contributed by atoms with van der Waals surface area (Å²) in [5, 5.41) is 19.9. The van der Waals surface area contributed by atoms with Crippen molar-refractivity contribution >= 4 is 5.97 Å². The fourth-order valence-corrected chi connectivity index (χ4v) is 0.943. The molecule has 0 fully saturated rings. The van der Waals surface area contributed by atoms with E-state index < -0.39 is 17.5 Å². The molecule has 0 aromatic rings. The van der Waals surface area contributed by atoms with Crippen LogP contribution in [0, 0.1) is 0 Å². The molecule has 0 radical (unpaired) electrons. The minimum Gasteiger partial charge on any atom is -0.627 e. The van der Waals surface area contributed by atoms with Gasteiger partial charge in [-0.25, -0.2) is 4.79 Å². The van der Waals surface area contributed by atoms with Crippen LogP contribution in [0.25, 0.3) is 0 Å². The fourth-order valence-electron chi connectivity index (χ4n) is 0.943. The van der Waals surface area contributed by atoms with Gasteiger partial charge in [-0.05, 0) is 27.7 Å². The summed E-state index contributed by atoms with van der Waals surface area (Å²) in [5.74, 6) is -1.95. The molecule has 0 rings (SSSR count). The van der Waals surface area contributed by atoms with Crippen molar-refractivity contribution in [2.45, 2.75) is 39.7 Å². The summed E-state index contributed by atoms with van der Waals surface area (Å²) in [5.41, 5.74) is -0.303. The third-order valence-corrected chi connectivity index (χ3v) is 1.91. The lowest BCUT2D eigenvalue weighted by Gasteiger charge is -2.20. The topological polar surface area (TPSA) is 97.3 Å². The van der Waals surface area contributed by atoms with Gasteiger partial charge in [-0.2, -0.15) is 4.89 Å². The fraction of sp³-hybridized carbons (Fsp3) is 0.643. The first-order chi connectivity index (χ1) is 9.63. The molecular weight excluding hydrogens is 280 g/mol. The quantitative estimate of drug-likeness (QED) is 0.171. The highest BCUT2D eigenvalue weighted by molar-refractivity contribution is 5.86. The average Bonchev–Trinajstić information content (AvgIpc) is 2.34. The van der Waals surface area contributed by atoms with Crippen LogP contribution in [-0.4, -0.2) is 36.5 Å². The number of hydrogen-bond acceptors (Lipinski definition) is 7. The Morgan fingerprint density at radius 2 is 1.86 bits per heavy atom. The van der Waals surface area contributed by atoms with Crippen LogP contribution in [0.1, 0.15) is 34.1 Å². The smallest absolute Gasteiger partial charge is 0.333 e. The van der Waals surface area contributed by atoms with Crippen molar-refractivity contribution in [1.29, 1.82) is 0 Å². The van der Waals surface area contributed by atoms with Crippen molar-refractivity contribution in [3.8, 4) is 0 Å². The Morgan fingerprint density at radius 1 is 1.24 bits per heavy atom. The molecule has 122 valence electrons. The number of aliphatic hydroxyl groups is 1. The Labute approximate surface area is 124 Å². The van der Waals surface area contributed by atoms with Crippen molar-refractivity contribution in [1.82, 2.24) is 0 Å². The van der Waals surface area contributed by atoms with Crippen LogP contribution < -0.4 is 5.11 Å². The van der Waals surface area contributed by atoms with E-state index in [0.717, 1.165) is 0 Å². The largest absolute Gasteiger partial charge is 0.627 e. The van der Waals surface area contributed by atoms with Crippen molar-refractivity contribution in [2.24, 2.45) is 0 Å². The van der Waals surface area contributed by atoms with Gasteiger partial charge >= 0.3 is 5.97 Å². The van der Waals surface area contributed by atoms with Crippen molar-refractivity contribution in [2.75, 3.05) is 19.8 Å². The minimum atomic E-state index is -1.21. The zero-order valence-electron chi connectivity index (χ0n) is 12.9. The van der Waals surface area contributed by atoms with Gasteiger partial charge in [0.15, 0.2) is 5.76 Å². The molecule has 0 aliphatic heterocycles. The van der Waals surface area contributed by atoms with E-state index in [2.05, 4.69) is 6.58 Å². The lowest BCUT2D eigenvalue weighted by Crippen LogP contribution is -2.21. The van der Waals surface area contributed by atoms with Gasteiger partial charge < -0.3 is 24.6 Å². The molecule has 7 nitrogen and oxygen atoms in total. The maximum atomic E-state index is 11.1. The average molecular weight is 303 g/mol. The van der Waals surface area contributed by atoms with Crippen molar-refractivity contribution < 1.29 is 34.3 Å². The molecule has 1 N–H and O–H groups in total. The van der Waals surface area contributed by atoms with E-state index in [9.17, 15) is 9.90 Å². The van der Waals surface area contributed by atoms with Gasteiger partial charge in [-0.3, -0.25) is 0 Å². The zero-order valence-corrected chi connectivity index (χ0v) is 12.9. The molecular formula is C14H23O7-. The summed E-state index contributed by atoms with van der Waals surface area (Å²) in [6.45, 7) is 10.5. The molecule has 0 spiro atoms. The molecule has 21 heavy (non-hydrogen) atoms. The first kappa shape index (κ1) is 19.3. The Bertz CT molecular complexity index is 375. The summed E-state index contributed by atoms with van der Waals surface area (Å²) >= 11 is 0. The van der Waals surface area contributed by atoms with E-state index in [0.29, 0.717) is 5.57 Å². The lowest BCUT2D eigenvalue weighted by molar-refractivity contribution is -0.377. The second kappa shape index (κ2) is 9.25. The van der Waals surface area contributed by atoms with Crippen LogP contribution in [0.4, 0.5) is 0 Å². The van der Waals surface area contributed by atoms with E-state index in [4.69, 9.17) is 24.4 Å². The van der Waals surface area contributed by atoms with Gasteiger partial charge in [0.05, 0.1) is 19.2 Å². The third-order valence-electron chi connectivity index (χ3n) is 1.91. The van der Waals surface area contributed by atoms with E-state index in [1.165, 1.54) is 0 Å². The number of carbonyl (C=O) groups excluding carboxylic acids is 1. The molecule has 7 heteroatoms. The molecule has 0 saturated carbocycles. The maximum absolute atomic E-state index is 11.1. The van der Waals surface area contributed by atoms with Crippen LogP contribution in [0.15, 0.2) is 23.9 Å². The summed E-state index contributed by atoms with van der Waals surface area (Å²) in [6, 6.07) is 0. The van der Waals surface area contributed by atoms with E-state index >= 15 is 0 Å². The highest BCUT2D eigenvalue weighted by Gasteiger charge is 2.14. The first-order valence-corrected chi connectivity index (χ1v) is 6.48. The van der Waals surface area contributed by atoms with Gasteiger partial charge in [0.25, 0.3) is 0 Å². The SMILES string of the molecule is C=C(C)C(=O)OCCOCCC(OOC(C)(C)C)=C([O-])O. The number of carbonyl (C=O) groups is 1. The number of rotatable bonds is 9. The number of aliphatic hydroxyl groups excluding tert-OH is 1. The molecule has 0 aliphatic carbocycles. The van der Waals surface area contributed by atoms with Crippen LogP contribution in [0.2, 0.25) is 0 Å². The lowest BCUT2D eigenvalue weighted by atomic mass is 10.2. The molecule has 0 aromatic carbocycles. The van der Waals surface area contributed by atoms with Gasteiger partial charge in [-0.1, -0.05) is 6.58 Å². The zero-order chi connectivity index (χ0) is 16.5. The highest BCUT2D eigenvalue weighted by Crippen LogP contribution is 2.14. The van der Waals surface area contributed by atoms with E-state index in [1.54, 1.807) is 27.7 Å². The number of esters is 1. The Balaban J connectivity index is 3.89. The molecule has 0 aliphatic rings. The normalized spacial score (nSPS) is 12.6. The van der Waals surface area contributed by atoms with Crippen molar-refractivity contribution in [3.05, 3.63) is 23.9 Å². The number of ether oxygens (including phenoxy) is 2. The summed E-state index contributed by atoms with van der Waals surface area (Å²) < 4.78 is 9.96.